The summed E-state index contributed by atoms with van der Waals surface area (Å²) in [5.41, 5.74) is 1.29. The molecular formula is C16H27ClN2OS. The van der Waals surface area contributed by atoms with Gasteiger partial charge in [-0.1, -0.05) is 6.92 Å². The van der Waals surface area contributed by atoms with Crippen LogP contribution in [0.1, 0.15) is 36.6 Å². The average molecular weight is 331 g/mol. The molecule has 2 atom stereocenters. The van der Waals surface area contributed by atoms with E-state index in [0.29, 0.717) is 18.3 Å². The highest BCUT2D eigenvalue weighted by Crippen LogP contribution is 2.24. The minimum absolute atomic E-state index is 0. The van der Waals surface area contributed by atoms with E-state index in [1.54, 1.807) is 11.3 Å². The van der Waals surface area contributed by atoms with Crippen molar-refractivity contribution in [3.05, 3.63) is 21.9 Å². The van der Waals surface area contributed by atoms with Crippen LogP contribution in [0.3, 0.4) is 0 Å². The Labute approximate surface area is 138 Å². The maximum absolute atomic E-state index is 12.3. The lowest BCUT2D eigenvalue weighted by molar-refractivity contribution is -0.131. The van der Waals surface area contributed by atoms with Crippen LogP contribution in [0.15, 0.2) is 11.4 Å². The zero-order chi connectivity index (χ0) is 14.5. The zero-order valence-corrected chi connectivity index (χ0v) is 14.9. The molecular weight excluding hydrogens is 304 g/mol. The molecule has 2 rings (SSSR count). The maximum Gasteiger partial charge on any atom is 0.222 e. The molecule has 1 saturated heterocycles. The molecule has 1 aromatic heterocycles. The first-order chi connectivity index (χ1) is 9.58. The highest BCUT2D eigenvalue weighted by Gasteiger charge is 2.23. The molecule has 2 unspecified atom stereocenters. The number of piperidine rings is 1. The Balaban J connectivity index is 0.00000220. The van der Waals surface area contributed by atoms with Gasteiger partial charge in [-0.2, -0.15) is 0 Å². The predicted molar refractivity (Wildman–Crippen MR) is 92.2 cm³/mol. The van der Waals surface area contributed by atoms with Gasteiger partial charge in [-0.05, 0) is 61.7 Å². The first-order valence-corrected chi connectivity index (χ1v) is 8.43. The molecule has 0 spiro atoms. The van der Waals surface area contributed by atoms with Gasteiger partial charge in [-0.25, -0.2) is 0 Å². The van der Waals surface area contributed by atoms with E-state index in [1.807, 2.05) is 11.9 Å². The Morgan fingerprint density at radius 2 is 2.33 bits per heavy atom. The predicted octanol–water partition coefficient (Wildman–Crippen LogP) is 3.46. The van der Waals surface area contributed by atoms with Crippen molar-refractivity contribution in [1.29, 1.82) is 0 Å². The second-order valence-electron chi connectivity index (χ2n) is 6.06. The Kier molecular flexibility index (Phi) is 7.71. The van der Waals surface area contributed by atoms with Crippen molar-refractivity contribution >= 4 is 29.7 Å². The first kappa shape index (κ1) is 18.5. The van der Waals surface area contributed by atoms with E-state index in [0.717, 1.165) is 19.6 Å². The lowest BCUT2D eigenvalue weighted by Crippen LogP contribution is -2.36. The minimum atomic E-state index is 0. The molecule has 2 heterocycles. The van der Waals surface area contributed by atoms with Crippen LogP contribution < -0.4 is 5.32 Å². The fraction of sp³-hybridized carbons (Fsp3) is 0.688. The van der Waals surface area contributed by atoms with Crippen LogP contribution in [-0.4, -0.2) is 30.9 Å². The van der Waals surface area contributed by atoms with E-state index < -0.39 is 0 Å². The smallest absolute Gasteiger partial charge is 0.222 e. The van der Waals surface area contributed by atoms with Gasteiger partial charge in [0, 0.05) is 18.3 Å². The van der Waals surface area contributed by atoms with Crippen LogP contribution in [0.2, 0.25) is 0 Å². The van der Waals surface area contributed by atoms with E-state index in [-0.39, 0.29) is 18.3 Å². The third kappa shape index (κ3) is 5.28. The summed E-state index contributed by atoms with van der Waals surface area (Å²) >= 11 is 1.74. The second kappa shape index (κ2) is 8.76. The van der Waals surface area contributed by atoms with Crippen molar-refractivity contribution in [2.45, 2.75) is 39.7 Å². The molecule has 0 saturated carbocycles. The third-order valence-electron chi connectivity index (χ3n) is 4.41. The molecule has 0 bridgehead atoms. The van der Waals surface area contributed by atoms with Gasteiger partial charge in [0.1, 0.15) is 0 Å². The van der Waals surface area contributed by atoms with Gasteiger partial charge >= 0.3 is 0 Å². The Morgan fingerprint density at radius 1 is 1.57 bits per heavy atom. The van der Waals surface area contributed by atoms with Gasteiger partial charge in [-0.15, -0.1) is 23.7 Å². The first-order valence-electron chi connectivity index (χ1n) is 7.55. The van der Waals surface area contributed by atoms with Crippen LogP contribution in [0, 0.1) is 18.8 Å². The Bertz CT molecular complexity index is 443. The van der Waals surface area contributed by atoms with Crippen LogP contribution >= 0.6 is 23.7 Å². The summed E-state index contributed by atoms with van der Waals surface area (Å²) in [6.45, 7) is 7.29. The number of carbonyl (C=O) groups excluding carboxylic acids is 1. The van der Waals surface area contributed by atoms with E-state index in [2.05, 4.69) is 30.6 Å². The van der Waals surface area contributed by atoms with Crippen LogP contribution in [0.5, 0.6) is 0 Å². The molecule has 1 aliphatic rings. The number of rotatable bonds is 5. The van der Waals surface area contributed by atoms with Crippen LogP contribution in [0.4, 0.5) is 0 Å². The number of carbonyl (C=O) groups is 1. The molecule has 0 radical (unpaired) electrons. The summed E-state index contributed by atoms with van der Waals surface area (Å²) in [4.78, 5) is 15.5. The molecule has 5 heteroatoms. The fourth-order valence-electron chi connectivity index (χ4n) is 2.83. The standard InChI is InChI=1S/C16H26N2OS.ClH/c1-12-6-8-20-15(12)11-18(3)16(19)9-13(2)14-5-4-7-17-10-14;/h6,8,13-14,17H,4-5,7,9-11H2,1-3H3;1H. The lowest BCUT2D eigenvalue weighted by atomic mass is 9.85. The van der Waals surface area contributed by atoms with Crippen molar-refractivity contribution in [3.63, 3.8) is 0 Å². The molecule has 0 aliphatic carbocycles. The summed E-state index contributed by atoms with van der Waals surface area (Å²) < 4.78 is 0. The molecule has 1 aromatic rings. The van der Waals surface area contributed by atoms with Crippen molar-refractivity contribution in [2.24, 2.45) is 11.8 Å². The summed E-state index contributed by atoms with van der Waals surface area (Å²) in [6.07, 6.45) is 3.18. The number of amides is 1. The molecule has 120 valence electrons. The minimum Gasteiger partial charge on any atom is -0.341 e. The SMILES string of the molecule is Cc1ccsc1CN(C)C(=O)CC(C)C1CCCNC1.Cl. The molecule has 1 N–H and O–H groups in total. The van der Waals surface area contributed by atoms with Gasteiger partial charge in [0.25, 0.3) is 0 Å². The average Bonchev–Trinajstić information content (AvgIpc) is 2.85. The topological polar surface area (TPSA) is 32.3 Å². The van der Waals surface area contributed by atoms with Gasteiger partial charge < -0.3 is 10.2 Å². The number of hydrogen-bond donors (Lipinski definition) is 1. The van der Waals surface area contributed by atoms with Crippen molar-refractivity contribution in [2.75, 3.05) is 20.1 Å². The summed E-state index contributed by atoms with van der Waals surface area (Å²) in [6, 6.07) is 2.12. The van der Waals surface area contributed by atoms with E-state index >= 15 is 0 Å². The number of nitrogens with zero attached hydrogens (tertiary/aromatic N) is 1. The molecule has 21 heavy (non-hydrogen) atoms. The number of halogens is 1. The van der Waals surface area contributed by atoms with E-state index in [1.165, 1.54) is 23.3 Å². The van der Waals surface area contributed by atoms with Crippen LogP contribution in [-0.2, 0) is 11.3 Å². The lowest BCUT2D eigenvalue weighted by Gasteiger charge is -2.29. The monoisotopic (exact) mass is 330 g/mol. The summed E-state index contributed by atoms with van der Waals surface area (Å²) in [5, 5.41) is 5.54. The molecule has 1 fully saturated rings. The molecule has 3 nitrogen and oxygen atoms in total. The Morgan fingerprint density at radius 3 is 2.90 bits per heavy atom. The van der Waals surface area contributed by atoms with Crippen LogP contribution in [0.25, 0.3) is 0 Å². The quantitative estimate of drug-likeness (QED) is 0.896. The highest BCUT2D eigenvalue weighted by atomic mass is 35.5. The highest BCUT2D eigenvalue weighted by molar-refractivity contribution is 7.10. The largest absolute Gasteiger partial charge is 0.341 e. The normalized spacial score (nSPS) is 19.7. The van der Waals surface area contributed by atoms with Crippen molar-refractivity contribution < 1.29 is 4.79 Å². The number of nitrogens with one attached hydrogen (secondary N) is 1. The molecule has 1 amide bonds. The van der Waals surface area contributed by atoms with Gasteiger partial charge in [0.2, 0.25) is 5.91 Å². The van der Waals surface area contributed by atoms with Crippen molar-refractivity contribution in [1.82, 2.24) is 10.2 Å². The van der Waals surface area contributed by atoms with Crippen molar-refractivity contribution in [3.8, 4) is 0 Å². The van der Waals surface area contributed by atoms with E-state index in [9.17, 15) is 4.79 Å². The van der Waals surface area contributed by atoms with Gasteiger partial charge in [0.05, 0.1) is 6.54 Å². The molecule has 1 aliphatic heterocycles. The van der Waals surface area contributed by atoms with Gasteiger partial charge in [0.15, 0.2) is 0 Å². The Hall–Kier alpha value is -0.580. The molecule has 0 aromatic carbocycles. The fourth-order valence-corrected chi connectivity index (χ4v) is 3.79. The second-order valence-corrected chi connectivity index (χ2v) is 7.07. The number of thiophene rings is 1. The van der Waals surface area contributed by atoms with Gasteiger partial charge in [-0.3, -0.25) is 4.79 Å². The third-order valence-corrected chi connectivity index (χ3v) is 5.42. The number of aryl methyl sites for hydroxylation is 1. The zero-order valence-electron chi connectivity index (χ0n) is 13.2. The summed E-state index contributed by atoms with van der Waals surface area (Å²) in [7, 11) is 1.92. The summed E-state index contributed by atoms with van der Waals surface area (Å²) in [5.74, 6) is 1.41. The maximum atomic E-state index is 12.3. The van der Waals surface area contributed by atoms with E-state index in [4.69, 9.17) is 0 Å². The number of hydrogen-bond acceptors (Lipinski definition) is 3.